The summed E-state index contributed by atoms with van der Waals surface area (Å²) < 4.78 is 21.0. The van der Waals surface area contributed by atoms with Gasteiger partial charge in [-0.15, -0.1) is 0 Å². The Labute approximate surface area is 308 Å². The average Bonchev–Trinajstić information content (AvgIpc) is 3.72. The van der Waals surface area contributed by atoms with Crippen LogP contribution < -0.4 is 10.6 Å². The molecule has 1 saturated heterocycles. The van der Waals surface area contributed by atoms with Gasteiger partial charge in [-0.3, -0.25) is 24.6 Å². The maximum absolute atomic E-state index is 15.6. The van der Waals surface area contributed by atoms with Gasteiger partial charge in [0.25, 0.3) is 0 Å². The van der Waals surface area contributed by atoms with Crippen LogP contribution in [0.2, 0.25) is 0 Å². The number of ketones is 3. The molecule has 3 aliphatic carbocycles. The van der Waals surface area contributed by atoms with E-state index < -0.39 is 28.4 Å². The average molecular weight is 708 g/mol. The third kappa shape index (κ3) is 6.40. The molecule has 0 bridgehead atoms. The number of Topliss-reactive ketones (excluding diaryl/α,β-unsaturated/α-hetero) is 3. The van der Waals surface area contributed by atoms with Crippen LogP contribution in [0.4, 0.5) is 4.39 Å². The van der Waals surface area contributed by atoms with E-state index in [0.29, 0.717) is 56.4 Å². The summed E-state index contributed by atoms with van der Waals surface area (Å²) in [7, 11) is 3.45. The fraction of sp³-hybridized carbons (Fsp3) is 0.523. The second kappa shape index (κ2) is 15.4. The molecule has 0 aromatic heterocycles. The predicted molar refractivity (Wildman–Crippen MR) is 201 cm³/mol. The standard InChI is InChI=1S/C44H54FN3O4/c1-46-42(20-7-6-19-39(42)49)35-28-32(29-36(45)30-35)38-18-12-22-44(41(38)51,48-24-8-9-25-48)34-16-10-13-31(27-34)37-17-11-21-43(40(37)50,47-23-26-52-2)33-14-4-3-5-15-33/h3-5,10,13-16,27-30,37-38,46-47H,6-9,11-12,17-26H2,1-2H3. The highest BCUT2D eigenvalue weighted by molar-refractivity contribution is 5.98. The van der Waals surface area contributed by atoms with Crippen molar-refractivity contribution in [2.24, 2.45) is 0 Å². The molecule has 0 spiro atoms. The van der Waals surface area contributed by atoms with E-state index in [9.17, 15) is 9.59 Å². The number of halogens is 1. The van der Waals surface area contributed by atoms with Gasteiger partial charge in [0, 0.05) is 31.9 Å². The molecule has 7 nitrogen and oxygen atoms in total. The number of carbonyl (C=O) groups excluding carboxylic acids is 3. The summed E-state index contributed by atoms with van der Waals surface area (Å²) >= 11 is 0. The molecular weight excluding hydrogens is 653 g/mol. The summed E-state index contributed by atoms with van der Waals surface area (Å²) in [4.78, 5) is 45.8. The molecule has 3 saturated carbocycles. The number of hydrogen-bond acceptors (Lipinski definition) is 7. The highest BCUT2D eigenvalue weighted by Crippen LogP contribution is 2.49. The van der Waals surface area contributed by atoms with Crippen molar-refractivity contribution in [3.63, 3.8) is 0 Å². The van der Waals surface area contributed by atoms with Crippen LogP contribution in [0.1, 0.15) is 117 Å². The van der Waals surface area contributed by atoms with Gasteiger partial charge in [-0.1, -0.05) is 67.1 Å². The molecule has 0 radical (unpaired) electrons. The number of hydrogen-bond donors (Lipinski definition) is 2. The quantitative estimate of drug-likeness (QED) is 0.204. The molecule has 2 N–H and O–H groups in total. The smallest absolute Gasteiger partial charge is 0.165 e. The van der Waals surface area contributed by atoms with Crippen LogP contribution in [-0.2, 0) is 35.7 Å². The molecule has 3 aromatic rings. The second-order valence-corrected chi connectivity index (χ2v) is 15.5. The van der Waals surface area contributed by atoms with Gasteiger partial charge in [0.05, 0.1) is 6.61 Å². The number of rotatable bonds is 11. The number of likely N-dealkylation sites (N-methyl/N-ethyl adjacent to an activating group) is 1. The van der Waals surface area contributed by atoms with Crippen LogP contribution in [0.25, 0.3) is 0 Å². The summed E-state index contributed by atoms with van der Waals surface area (Å²) in [6.07, 6.45) is 9.29. The molecule has 0 amide bonds. The zero-order valence-corrected chi connectivity index (χ0v) is 30.9. The molecule has 1 heterocycles. The van der Waals surface area contributed by atoms with Crippen LogP contribution >= 0.6 is 0 Å². The van der Waals surface area contributed by atoms with Crippen molar-refractivity contribution in [1.29, 1.82) is 0 Å². The van der Waals surface area contributed by atoms with Gasteiger partial charge < -0.3 is 10.1 Å². The maximum Gasteiger partial charge on any atom is 0.165 e. The number of carbonyl (C=O) groups is 3. The first-order chi connectivity index (χ1) is 25.3. The van der Waals surface area contributed by atoms with Crippen LogP contribution in [0.15, 0.2) is 72.8 Å². The lowest BCUT2D eigenvalue weighted by atomic mass is 9.65. The number of likely N-dealkylation sites (tertiary alicyclic amines) is 1. The first-order valence-electron chi connectivity index (χ1n) is 19.6. The van der Waals surface area contributed by atoms with Gasteiger partial charge in [-0.05, 0) is 124 Å². The van der Waals surface area contributed by atoms with Crippen molar-refractivity contribution in [3.05, 3.63) is 106 Å². The SMILES string of the molecule is CNC1(c2cc(F)cc(C3CCCC(c4cccc(C5CCCC(NCCOC)(c6ccccc6)C5=O)c4)(N4CCCC4)C3=O)c2)CCCCC1=O. The van der Waals surface area contributed by atoms with Crippen molar-refractivity contribution in [1.82, 2.24) is 15.5 Å². The Morgan fingerprint density at radius 1 is 0.731 bits per heavy atom. The molecule has 4 aliphatic rings. The topological polar surface area (TPSA) is 87.7 Å². The van der Waals surface area contributed by atoms with Crippen molar-refractivity contribution in [2.45, 2.75) is 106 Å². The lowest BCUT2D eigenvalue weighted by molar-refractivity contribution is -0.136. The largest absolute Gasteiger partial charge is 0.383 e. The molecule has 52 heavy (non-hydrogen) atoms. The monoisotopic (exact) mass is 707 g/mol. The Morgan fingerprint density at radius 2 is 1.42 bits per heavy atom. The minimum Gasteiger partial charge on any atom is -0.383 e. The molecule has 5 atom stereocenters. The van der Waals surface area contributed by atoms with Gasteiger partial charge >= 0.3 is 0 Å². The van der Waals surface area contributed by atoms with Gasteiger partial charge in [0.15, 0.2) is 17.3 Å². The van der Waals surface area contributed by atoms with Crippen LogP contribution in [0, 0.1) is 5.82 Å². The zero-order chi connectivity index (χ0) is 36.3. The zero-order valence-electron chi connectivity index (χ0n) is 30.9. The fourth-order valence-corrected chi connectivity index (χ4v) is 10.2. The Bertz CT molecular complexity index is 1780. The highest BCUT2D eigenvalue weighted by Gasteiger charge is 2.52. The molecule has 3 aromatic carbocycles. The first-order valence-corrected chi connectivity index (χ1v) is 19.6. The number of nitrogens with zero attached hydrogens (tertiary/aromatic N) is 1. The Kier molecular flexibility index (Phi) is 10.9. The van der Waals surface area contributed by atoms with Crippen LogP contribution in [0.3, 0.4) is 0 Å². The summed E-state index contributed by atoms with van der Waals surface area (Å²) in [5.41, 5.74) is 1.49. The molecule has 7 rings (SSSR count). The second-order valence-electron chi connectivity index (χ2n) is 15.5. The maximum atomic E-state index is 15.6. The molecule has 5 unspecified atom stereocenters. The summed E-state index contributed by atoms with van der Waals surface area (Å²) in [5.74, 6) is -0.914. The lowest BCUT2D eigenvalue weighted by Gasteiger charge is -2.47. The van der Waals surface area contributed by atoms with Crippen LogP contribution in [0.5, 0.6) is 0 Å². The van der Waals surface area contributed by atoms with Gasteiger partial charge in [0.2, 0.25) is 0 Å². The van der Waals surface area contributed by atoms with E-state index in [1.807, 2.05) is 42.5 Å². The molecule has 4 fully saturated rings. The normalized spacial score (nSPS) is 30.2. The van der Waals surface area contributed by atoms with E-state index in [2.05, 4.69) is 33.7 Å². The van der Waals surface area contributed by atoms with E-state index in [1.54, 1.807) is 14.2 Å². The van der Waals surface area contributed by atoms with Crippen molar-refractivity contribution < 1.29 is 23.5 Å². The number of nitrogens with one attached hydrogen (secondary N) is 2. The summed E-state index contributed by atoms with van der Waals surface area (Å²) in [5, 5.41) is 6.87. The van der Waals surface area contributed by atoms with E-state index in [-0.39, 0.29) is 23.3 Å². The molecular formula is C44H54FN3O4. The Hall–Kier alpha value is -3.56. The Morgan fingerprint density at radius 3 is 2.15 bits per heavy atom. The van der Waals surface area contributed by atoms with Gasteiger partial charge in [-0.25, -0.2) is 4.39 Å². The Balaban J connectivity index is 1.27. The van der Waals surface area contributed by atoms with Crippen molar-refractivity contribution in [3.8, 4) is 0 Å². The van der Waals surface area contributed by atoms with Crippen molar-refractivity contribution >= 4 is 17.3 Å². The van der Waals surface area contributed by atoms with E-state index in [4.69, 9.17) is 4.74 Å². The number of methoxy groups -OCH3 is 1. The van der Waals surface area contributed by atoms with E-state index in [0.717, 1.165) is 74.7 Å². The third-order valence-electron chi connectivity index (χ3n) is 12.9. The minimum atomic E-state index is -0.937. The summed E-state index contributed by atoms with van der Waals surface area (Å²) in [6, 6.07) is 23.3. The van der Waals surface area contributed by atoms with Crippen molar-refractivity contribution in [2.75, 3.05) is 40.4 Å². The first kappa shape index (κ1) is 36.8. The molecule has 1 aliphatic heterocycles. The molecule has 276 valence electrons. The predicted octanol–water partition coefficient (Wildman–Crippen LogP) is 7.18. The van der Waals surface area contributed by atoms with E-state index >= 15 is 9.18 Å². The lowest BCUT2D eigenvalue weighted by Crippen LogP contribution is -2.55. The number of benzene rings is 3. The number of ether oxygens (including phenoxy) is 1. The highest BCUT2D eigenvalue weighted by atomic mass is 19.1. The van der Waals surface area contributed by atoms with Gasteiger partial charge in [-0.2, -0.15) is 0 Å². The van der Waals surface area contributed by atoms with Crippen LogP contribution in [-0.4, -0.2) is 62.6 Å². The minimum absolute atomic E-state index is 0.0819. The van der Waals surface area contributed by atoms with Gasteiger partial charge in [0.1, 0.15) is 22.4 Å². The third-order valence-corrected chi connectivity index (χ3v) is 12.9. The van der Waals surface area contributed by atoms with E-state index in [1.165, 1.54) is 12.1 Å². The fourth-order valence-electron chi connectivity index (χ4n) is 10.2. The summed E-state index contributed by atoms with van der Waals surface area (Å²) in [6.45, 7) is 2.70. The molecule has 8 heteroatoms.